The number of carbonyl (C=O) groups is 1. The number of fused-ring (bicyclic) bond motifs is 2. The normalized spacial score (nSPS) is 16.4. The van der Waals surface area contributed by atoms with Crippen LogP contribution in [0.25, 0.3) is 15.3 Å². The number of benzene rings is 1. The van der Waals surface area contributed by atoms with Crippen LogP contribution in [0.15, 0.2) is 42.7 Å². The van der Waals surface area contributed by atoms with Gasteiger partial charge in [0.05, 0.1) is 15.9 Å². The van der Waals surface area contributed by atoms with Crippen LogP contribution in [0.1, 0.15) is 34.7 Å². The third kappa shape index (κ3) is 2.62. The molecule has 134 valence electrons. The number of nitrogens with one attached hydrogen (secondary N) is 1. The van der Waals surface area contributed by atoms with Crippen LogP contribution in [0.4, 0.5) is 5.82 Å². The monoisotopic (exact) mass is 375 g/mol. The summed E-state index contributed by atoms with van der Waals surface area (Å²) in [6.45, 7) is 4.05. The van der Waals surface area contributed by atoms with Crippen LogP contribution >= 0.6 is 11.3 Å². The SMILES string of the molecule is Cc1ccc2nc(-n3nc(C)c4c3NC(=O)C[C@H]4c3cccnc3)sc2c1. The molecule has 0 radical (unpaired) electrons. The summed E-state index contributed by atoms with van der Waals surface area (Å²) in [5.74, 6) is 0.649. The van der Waals surface area contributed by atoms with Crippen LogP contribution in [0, 0.1) is 13.8 Å². The highest BCUT2D eigenvalue weighted by atomic mass is 32.1. The average Bonchev–Trinajstić information content (AvgIpc) is 3.22. The van der Waals surface area contributed by atoms with E-state index in [2.05, 4.69) is 29.4 Å². The topological polar surface area (TPSA) is 72.7 Å². The molecule has 0 fully saturated rings. The van der Waals surface area contributed by atoms with Gasteiger partial charge in [-0.15, -0.1) is 0 Å². The number of anilines is 1. The molecule has 7 heteroatoms. The van der Waals surface area contributed by atoms with E-state index >= 15 is 0 Å². The molecule has 0 unspecified atom stereocenters. The van der Waals surface area contributed by atoms with Gasteiger partial charge in [0, 0.05) is 30.3 Å². The van der Waals surface area contributed by atoms with Gasteiger partial charge in [-0.2, -0.15) is 9.78 Å². The summed E-state index contributed by atoms with van der Waals surface area (Å²) >= 11 is 1.57. The minimum absolute atomic E-state index is 0.0190. The number of thiazole rings is 1. The molecular formula is C20H17N5OS. The fraction of sp³-hybridized carbons (Fsp3) is 0.200. The Morgan fingerprint density at radius 1 is 1.26 bits per heavy atom. The zero-order valence-corrected chi connectivity index (χ0v) is 15.7. The van der Waals surface area contributed by atoms with Gasteiger partial charge < -0.3 is 5.32 Å². The zero-order valence-electron chi connectivity index (χ0n) is 14.9. The number of hydrogen-bond acceptors (Lipinski definition) is 5. The maximum atomic E-state index is 12.4. The van der Waals surface area contributed by atoms with Crippen molar-refractivity contribution in [3.63, 3.8) is 0 Å². The van der Waals surface area contributed by atoms with Crippen LogP contribution in [-0.2, 0) is 4.79 Å². The van der Waals surface area contributed by atoms with Crippen molar-refractivity contribution in [3.8, 4) is 5.13 Å². The second-order valence-corrected chi connectivity index (χ2v) is 7.83. The summed E-state index contributed by atoms with van der Waals surface area (Å²) < 4.78 is 2.88. The number of pyridine rings is 1. The van der Waals surface area contributed by atoms with Crippen molar-refractivity contribution in [2.75, 3.05) is 5.32 Å². The minimum atomic E-state index is -0.0483. The highest BCUT2D eigenvalue weighted by molar-refractivity contribution is 7.20. The maximum Gasteiger partial charge on any atom is 0.226 e. The lowest BCUT2D eigenvalue weighted by molar-refractivity contribution is -0.116. The Hall–Kier alpha value is -3.06. The lowest BCUT2D eigenvalue weighted by Gasteiger charge is -2.23. The number of carbonyl (C=O) groups excluding carboxylic acids is 1. The first kappa shape index (κ1) is 16.1. The van der Waals surface area contributed by atoms with Crippen molar-refractivity contribution in [2.45, 2.75) is 26.2 Å². The van der Waals surface area contributed by atoms with Gasteiger partial charge in [-0.3, -0.25) is 9.78 Å². The lowest BCUT2D eigenvalue weighted by atomic mass is 9.87. The van der Waals surface area contributed by atoms with Gasteiger partial charge in [0.2, 0.25) is 11.0 Å². The summed E-state index contributed by atoms with van der Waals surface area (Å²) in [5.41, 5.74) is 5.10. The molecule has 27 heavy (non-hydrogen) atoms. The van der Waals surface area contributed by atoms with Crippen molar-refractivity contribution in [1.29, 1.82) is 0 Å². The van der Waals surface area contributed by atoms with Crippen molar-refractivity contribution in [1.82, 2.24) is 19.7 Å². The molecule has 0 aliphatic carbocycles. The van der Waals surface area contributed by atoms with E-state index in [1.54, 1.807) is 22.2 Å². The van der Waals surface area contributed by atoms with Gasteiger partial charge in [0.1, 0.15) is 5.82 Å². The first-order chi connectivity index (χ1) is 13.1. The molecule has 4 heterocycles. The summed E-state index contributed by atoms with van der Waals surface area (Å²) in [6.07, 6.45) is 3.96. The summed E-state index contributed by atoms with van der Waals surface area (Å²) in [7, 11) is 0. The Kier molecular flexibility index (Phi) is 3.58. The Balaban J connectivity index is 1.68. The van der Waals surface area contributed by atoms with Gasteiger partial charge in [-0.25, -0.2) is 4.98 Å². The predicted octanol–water partition coefficient (Wildman–Crippen LogP) is 3.97. The van der Waals surface area contributed by atoms with Crippen LogP contribution in [0.2, 0.25) is 0 Å². The van der Waals surface area contributed by atoms with Gasteiger partial charge in [-0.05, 0) is 43.2 Å². The lowest BCUT2D eigenvalue weighted by Crippen LogP contribution is -2.25. The molecular weight excluding hydrogens is 358 g/mol. The largest absolute Gasteiger partial charge is 0.310 e. The molecule has 1 N–H and O–H groups in total. The van der Waals surface area contributed by atoms with E-state index in [1.165, 1.54) is 5.56 Å². The molecule has 5 rings (SSSR count). The average molecular weight is 375 g/mol. The smallest absolute Gasteiger partial charge is 0.226 e. The van der Waals surface area contributed by atoms with Gasteiger partial charge in [0.15, 0.2) is 0 Å². The zero-order chi connectivity index (χ0) is 18.5. The van der Waals surface area contributed by atoms with Crippen LogP contribution in [-0.4, -0.2) is 25.7 Å². The van der Waals surface area contributed by atoms with E-state index in [0.717, 1.165) is 32.2 Å². The van der Waals surface area contributed by atoms with Crippen molar-refractivity contribution in [2.24, 2.45) is 0 Å². The summed E-state index contributed by atoms with van der Waals surface area (Å²) in [4.78, 5) is 21.4. The molecule has 0 bridgehead atoms. The summed E-state index contributed by atoms with van der Waals surface area (Å²) in [6, 6.07) is 10.1. The Morgan fingerprint density at radius 2 is 2.15 bits per heavy atom. The molecule has 1 amide bonds. The highest BCUT2D eigenvalue weighted by Gasteiger charge is 2.33. The molecule has 4 aromatic rings. The minimum Gasteiger partial charge on any atom is -0.310 e. The number of aryl methyl sites for hydroxylation is 2. The molecule has 1 aliphatic rings. The van der Waals surface area contributed by atoms with E-state index in [1.807, 2.05) is 31.3 Å². The molecule has 1 aliphatic heterocycles. The first-order valence-electron chi connectivity index (χ1n) is 8.77. The van der Waals surface area contributed by atoms with Gasteiger partial charge >= 0.3 is 0 Å². The third-order valence-corrected chi connectivity index (χ3v) is 5.90. The molecule has 6 nitrogen and oxygen atoms in total. The number of amides is 1. The molecule has 0 spiro atoms. The molecule has 1 atom stereocenters. The van der Waals surface area contributed by atoms with E-state index in [0.29, 0.717) is 12.2 Å². The van der Waals surface area contributed by atoms with E-state index < -0.39 is 0 Å². The fourth-order valence-corrected chi connectivity index (χ4v) is 4.68. The summed E-state index contributed by atoms with van der Waals surface area (Å²) in [5, 5.41) is 8.49. The van der Waals surface area contributed by atoms with Crippen molar-refractivity contribution in [3.05, 3.63) is 65.1 Å². The predicted molar refractivity (Wildman–Crippen MR) is 106 cm³/mol. The number of hydrogen-bond donors (Lipinski definition) is 1. The fourth-order valence-electron chi connectivity index (χ4n) is 3.66. The van der Waals surface area contributed by atoms with E-state index in [-0.39, 0.29) is 11.8 Å². The van der Waals surface area contributed by atoms with Crippen molar-refractivity contribution < 1.29 is 4.79 Å². The number of rotatable bonds is 2. The van der Waals surface area contributed by atoms with Crippen molar-refractivity contribution >= 4 is 33.3 Å². The van der Waals surface area contributed by atoms with E-state index in [4.69, 9.17) is 10.1 Å². The Morgan fingerprint density at radius 3 is 2.96 bits per heavy atom. The van der Waals surface area contributed by atoms with Crippen LogP contribution in [0.3, 0.4) is 0 Å². The maximum absolute atomic E-state index is 12.4. The number of nitrogens with zero attached hydrogens (tertiary/aromatic N) is 4. The first-order valence-corrected chi connectivity index (χ1v) is 9.58. The van der Waals surface area contributed by atoms with Gasteiger partial charge in [-0.1, -0.05) is 23.5 Å². The second kappa shape index (κ2) is 5.99. The Bertz CT molecular complexity index is 1180. The second-order valence-electron chi connectivity index (χ2n) is 6.82. The molecule has 3 aromatic heterocycles. The van der Waals surface area contributed by atoms with Gasteiger partial charge in [0.25, 0.3) is 0 Å². The molecule has 0 saturated heterocycles. The third-order valence-electron chi connectivity index (χ3n) is 4.90. The Labute approximate surface area is 159 Å². The van der Waals surface area contributed by atoms with E-state index in [9.17, 15) is 4.79 Å². The number of aromatic nitrogens is 4. The molecule has 0 saturated carbocycles. The quantitative estimate of drug-likeness (QED) is 0.575. The van der Waals surface area contributed by atoms with Crippen LogP contribution in [0.5, 0.6) is 0 Å². The van der Waals surface area contributed by atoms with Crippen LogP contribution < -0.4 is 5.32 Å². The standard InChI is InChI=1S/C20H17N5OS/c1-11-5-6-15-16(8-11)27-20(22-15)25-19-18(12(2)24-25)14(9-17(26)23-19)13-4-3-7-21-10-13/h3-8,10,14H,9H2,1-2H3,(H,23,26)/t14-/m0/s1. The molecule has 1 aromatic carbocycles. The highest BCUT2D eigenvalue weighted by Crippen LogP contribution is 2.40.